The van der Waals surface area contributed by atoms with Crippen LogP contribution in [-0.2, 0) is 17.8 Å². The molecule has 3 aromatic rings. The van der Waals surface area contributed by atoms with Crippen LogP contribution < -0.4 is 5.73 Å². The van der Waals surface area contributed by atoms with E-state index in [0.717, 1.165) is 28.2 Å². The van der Waals surface area contributed by atoms with Gasteiger partial charge >= 0.3 is 0 Å². The Morgan fingerprint density at radius 1 is 1.10 bits per heavy atom. The largest absolute Gasteiger partial charge is 0.338 e. The second-order valence-electron chi connectivity index (χ2n) is 6.63. The summed E-state index contributed by atoms with van der Waals surface area (Å²) in [6.45, 7) is 3.92. The highest BCUT2D eigenvalue weighted by Gasteiger charge is 2.16. The third-order valence-electron chi connectivity index (χ3n) is 4.35. The topological polar surface area (TPSA) is 59.2 Å². The van der Waals surface area contributed by atoms with E-state index < -0.39 is 0 Å². The Morgan fingerprint density at radius 3 is 2.55 bits per heavy atom. The van der Waals surface area contributed by atoms with E-state index in [0.29, 0.717) is 26.1 Å². The van der Waals surface area contributed by atoms with Crippen LogP contribution in [0.5, 0.6) is 0 Å². The minimum atomic E-state index is 0. The SMILES string of the molecule is Cc1cccc(-c2nc(CC(=O)N(CCCN)Cc3ccccc3)cs2)c1.Cl.Cl. The molecule has 0 atom stereocenters. The van der Waals surface area contributed by atoms with Gasteiger partial charge in [-0.25, -0.2) is 4.98 Å². The van der Waals surface area contributed by atoms with Crippen LogP contribution in [0.1, 0.15) is 23.2 Å². The molecule has 1 aromatic heterocycles. The molecule has 3 rings (SSSR count). The molecule has 1 amide bonds. The first-order chi connectivity index (χ1) is 13.2. The average molecular weight is 452 g/mol. The van der Waals surface area contributed by atoms with Crippen LogP contribution in [0.15, 0.2) is 60.0 Å². The van der Waals surface area contributed by atoms with Gasteiger partial charge < -0.3 is 10.6 Å². The van der Waals surface area contributed by atoms with Crippen LogP contribution in [0.4, 0.5) is 0 Å². The van der Waals surface area contributed by atoms with Crippen molar-refractivity contribution in [2.75, 3.05) is 13.1 Å². The van der Waals surface area contributed by atoms with Crippen LogP contribution in [-0.4, -0.2) is 28.9 Å². The minimum Gasteiger partial charge on any atom is -0.338 e. The number of amides is 1. The number of benzene rings is 2. The molecule has 7 heteroatoms. The quantitative estimate of drug-likeness (QED) is 0.530. The number of rotatable bonds is 8. The second-order valence-corrected chi connectivity index (χ2v) is 7.49. The number of hydrogen-bond acceptors (Lipinski definition) is 4. The standard InChI is InChI=1S/C22H25N3OS.2ClH/c1-17-7-5-10-19(13-17)22-24-20(16-27-22)14-21(26)25(12-6-11-23)15-18-8-3-2-4-9-18;;/h2-5,7-10,13,16H,6,11-12,14-15,23H2,1H3;2*1H. The number of carbonyl (C=O) groups excluding carboxylic acids is 1. The van der Waals surface area contributed by atoms with Crippen molar-refractivity contribution >= 4 is 42.1 Å². The summed E-state index contributed by atoms with van der Waals surface area (Å²) >= 11 is 1.59. The lowest BCUT2D eigenvalue weighted by molar-refractivity contribution is -0.131. The summed E-state index contributed by atoms with van der Waals surface area (Å²) in [5, 5.41) is 2.94. The Morgan fingerprint density at radius 2 is 1.86 bits per heavy atom. The molecular formula is C22H27Cl2N3OS. The minimum absolute atomic E-state index is 0. The molecule has 0 aliphatic heterocycles. The van der Waals surface area contributed by atoms with Crippen LogP contribution in [0.3, 0.4) is 0 Å². The lowest BCUT2D eigenvalue weighted by Crippen LogP contribution is -2.33. The molecule has 0 saturated carbocycles. The normalized spacial score (nSPS) is 10.0. The number of carbonyl (C=O) groups is 1. The Hall–Kier alpha value is -1.92. The Kier molecular flexibility index (Phi) is 10.9. The van der Waals surface area contributed by atoms with Gasteiger partial charge in [0.05, 0.1) is 12.1 Å². The molecule has 0 fully saturated rings. The molecule has 0 aliphatic rings. The van der Waals surface area contributed by atoms with Crippen molar-refractivity contribution in [3.05, 3.63) is 76.8 Å². The van der Waals surface area contributed by atoms with Gasteiger partial charge in [0.15, 0.2) is 0 Å². The van der Waals surface area contributed by atoms with E-state index in [9.17, 15) is 4.79 Å². The van der Waals surface area contributed by atoms with E-state index in [1.807, 2.05) is 46.7 Å². The van der Waals surface area contributed by atoms with Crippen molar-refractivity contribution in [3.63, 3.8) is 0 Å². The summed E-state index contributed by atoms with van der Waals surface area (Å²) in [6.07, 6.45) is 1.11. The van der Waals surface area contributed by atoms with Gasteiger partial charge in [0.2, 0.25) is 5.91 Å². The number of hydrogen-bond donors (Lipinski definition) is 1. The fraction of sp³-hybridized carbons (Fsp3) is 0.273. The zero-order valence-electron chi connectivity index (χ0n) is 16.4. The zero-order chi connectivity index (χ0) is 19.1. The first-order valence-electron chi connectivity index (χ1n) is 9.19. The smallest absolute Gasteiger partial charge is 0.228 e. The highest BCUT2D eigenvalue weighted by Crippen LogP contribution is 2.25. The number of aromatic nitrogens is 1. The molecule has 2 aromatic carbocycles. The predicted octanol–water partition coefficient (Wildman–Crippen LogP) is 4.88. The predicted molar refractivity (Wildman–Crippen MR) is 126 cm³/mol. The van der Waals surface area contributed by atoms with Gasteiger partial charge in [0, 0.05) is 24.0 Å². The maximum absolute atomic E-state index is 12.9. The molecule has 0 saturated heterocycles. The fourth-order valence-corrected chi connectivity index (χ4v) is 3.76. The molecule has 0 radical (unpaired) electrons. The lowest BCUT2D eigenvalue weighted by atomic mass is 10.1. The molecule has 0 spiro atoms. The summed E-state index contributed by atoms with van der Waals surface area (Å²) in [5.41, 5.74) is 9.91. The number of halogens is 2. The monoisotopic (exact) mass is 451 g/mol. The summed E-state index contributed by atoms with van der Waals surface area (Å²) < 4.78 is 0. The highest BCUT2D eigenvalue weighted by atomic mass is 35.5. The molecule has 1 heterocycles. The molecule has 4 nitrogen and oxygen atoms in total. The lowest BCUT2D eigenvalue weighted by Gasteiger charge is -2.22. The maximum Gasteiger partial charge on any atom is 0.228 e. The third-order valence-corrected chi connectivity index (χ3v) is 5.29. The first kappa shape index (κ1) is 25.1. The van der Waals surface area contributed by atoms with Gasteiger partial charge in [-0.15, -0.1) is 36.2 Å². The summed E-state index contributed by atoms with van der Waals surface area (Å²) in [4.78, 5) is 19.4. The highest BCUT2D eigenvalue weighted by molar-refractivity contribution is 7.13. The van der Waals surface area contributed by atoms with Gasteiger partial charge in [0.1, 0.15) is 5.01 Å². The van der Waals surface area contributed by atoms with Gasteiger partial charge in [-0.3, -0.25) is 4.79 Å². The van der Waals surface area contributed by atoms with Gasteiger partial charge in [-0.2, -0.15) is 0 Å². The Balaban J connectivity index is 0.00000210. The van der Waals surface area contributed by atoms with Crippen LogP contribution in [0.2, 0.25) is 0 Å². The van der Waals surface area contributed by atoms with Gasteiger partial charge in [0.25, 0.3) is 0 Å². The number of thiazole rings is 1. The third kappa shape index (κ3) is 7.44. The first-order valence-corrected chi connectivity index (χ1v) is 10.1. The van der Waals surface area contributed by atoms with Crippen molar-refractivity contribution in [3.8, 4) is 10.6 Å². The summed E-state index contributed by atoms with van der Waals surface area (Å²) in [6, 6.07) is 18.3. The van der Waals surface area contributed by atoms with Crippen LogP contribution in [0, 0.1) is 6.92 Å². The van der Waals surface area contributed by atoms with Crippen LogP contribution in [0.25, 0.3) is 10.6 Å². The van der Waals surface area contributed by atoms with E-state index in [1.165, 1.54) is 5.56 Å². The zero-order valence-corrected chi connectivity index (χ0v) is 18.9. The van der Waals surface area contributed by atoms with E-state index in [1.54, 1.807) is 11.3 Å². The van der Waals surface area contributed by atoms with Crippen molar-refractivity contribution in [1.82, 2.24) is 9.88 Å². The molecule has 0 bridgehead atoms. The number of nitrogens with zero attached hydrogens (tertiary/aromatic N) is 2. The van der Waals surface area contributed by atoms with Crippen LogP contribution >= 0.6 is 36.2 Å². The van der Waals surface area contributed by atoms with E-state index in [2.05, 4.69) is 30.1 Å². The molecule has 29 heavy (non-hydrogen) atoms. The van der Waals surface area contributed by atoms with E-state index in [4.69, 9.17) is 5.73 Å². The number of aryl methyl sites for hydroxylation is 1. The summed E-state index contributed by atoms with van der Waals surface area (Å²) in [5.74, 6) is 0.0911. The number of nitrogens with two attached hydrogens (primary N) is 1. The van der Waals surface area contributed by atoms with Gasteiger partial charge in [-0.1, -0.05) is 54.1 Å². The Labute approximate surface area is 189 Å². The van der Waals surface area contributed by atoms with E-state index >= 15 is 0 Å². The molecule has 2 N–H and O–H groups in total. The van der Waals surface area contributed by atoms with Crippen molar-refractivity contribution in [2.45, 2.75) is 26.3 Å². The second kappa shape index (κ2) is 12.6. The van der Waals surface area contributed by atoms with E-state index in [-0.39, 0.29) is 30.7 Å². The fourth-order valence-electron chi connectivity index (χ4n) is 2.94. The molecule has 0 unspecified atom stereocenters. The Bertz CT molecular complexity index is 887. The van der Waals surface area contributed by atoms with Crippen molar-refractivity contribution in [2.24, 2.45) is 5.73 Å². The van der Waals surface area contributed by atoms with Crippen molar-refractivity contribution < 1.29 is 4.79 Å². The maximum atomic E-state index is 12.9. The summed E-state index contributed by atoms with van der Waals surface area (Å²) in [7, 11) is 0. The van der Waals surface area contributed by atoms with Crippen molar-refractivity contribution in [1.29, 1.82) is 0 Å². The molecule has 156 valence electrons. The van der Waals surface area contributed by atoms with Gasteiger partial charge in [-0.05, 0) is 31.5 Å². The average Bonchev–Trinajstić information content (AvgIpc) is 3.14. The molecule has 0 aliphatic carbocycles. The molecular weight excluding hydrogens is 425 g/mol.